The van der Waals surface area contributed by atoms with Crippen molar-refractivity contribution < 1.29 is 9.18 Å². The largest absolute Gasteiger partial charge is 0.328 e. The molecule has 2 N–H and O–H groups in total. The quantitative estimate of drug-likeness (QED) is 0.816. The molecule has 1 aliphatic rings. The number of benzene rings is 1. The highest BCUT2D eigenvalue weighted by atomic mass is 35.5. The van der Waals surface area contributed by atoms with Crippen LogP contribution in [-0.4, -0.2) is 19.5 Å². The van der Waals surface area contributed by atoms with Gasteiger partial charge < -0.3 is 10.6 Å². The van der Waals surface area contributed by atoms with Gasteiger partial charge in [-0.1, -0.05) is 18.5 Å². The fourth-order valence-corrected chi connectivity index (χ4v) is 2.45. The van der Waals surface area contributed by atoms with Crippen LogP contribution in [0.15, 0.2) is 12.1 Å². The SMILES string of the molecule is CC1CNCC1c1cc(F)c(Cl)cc1NC=O. The van der Waals surface area contributed by atoms with Crippen LogP contribution >= 0.6 is 11.6 Å². The third kappa shape index (κ3) is 2.42. The van der Waals surface area contributed by atoms with E-state index in [1.54, 1.807) is 0 Å². The first-order valence-electron chi connectivity index (χ1n) is 5.53. The summed E-state index contributed by atoms with van der Waals surface area (Å²) in [7, 11) is 0. The maximum absolute atomic E-state index is 13.5. The summed E-state index contributed by atoms with van der Waals surface area (Å²) in [4.78, 5) is 10.6. The molecular formula is C12H14ClFN2O. The Bertz CT molecular complexity index is 439. The summed E-state index contributed by atoms with van der Waals surface area (Å²) in [5.74, 6) is 0.157. The number of anilines is 1. The van der Waals surface area contributed by atoms with E-state index in [4.69, 9.17) is 11.6 Å². The summed E-state index contributed by atoms with van der Waals surface area (Å²) >= 11 is 5.72. The van der Waals surface area contributed by atoms with Crippen molar-refractivity contribution in [3.63, 3.8) is 0 Å². The summed E-state index contributed by atoms with van der Waals surface area (Å²) in [5, 5.41) is 5.86. The smallest absolute Gasteiger partial charge is 0.211 e. The summed E-state index contributed by atoms with van der Waals surface area (Å²) in [5.41, 5.74) is 1.39. The number of carbonyl (C=O) groups is 1. The molecule has 0 aliphatic carbocycles. The van der Waals surface area contributed by atoms with Gasteiger partial charge in [-0.05, 0) is 30.2 Å². The van der Waals surface area contributed by atoms with Crippen molar-refractivity contribution in [1.29, 1.82) is 0 Å². The zero-order chi connectivity index (χ0) is 12.4. The van der Waals surface area contributed by atoms with E-state index in [-0.39, 0.29) is 10.9 Å². The van der Waals surface area contributed by atoms with E-state index in [9.17, 15) is 9.18 Å². The lowest BCUT2D eigenvalue weighted by Gasteiger charge is -2.18. The van der Waals surface area contributed by atoms with Crippen LogP contribution in [0.3, 0.4) is 0 Å². The van der Waals surface area contributed by atoms with Gasteiger partial charge in [-0.2, -0.15) is 0 Å². The van der Waals surface area contributed by atoms with Crippen LogP contribution in [0.4, 0.5) is 10.1 Å². The molecule has 2 rings (SSSR count). The maximum Gasteiger partial charge on any atom is 0.211 e. The number of hydrogen-bond donors (Lipinski definition) is 2. The van der Waals surface area contributed by atoms with E-state index in [0.29, 0.717) is 18.0 Å². The van der Waals surface area contributed by atoms with E-state index in [1.807, 2.05) is 0 Å². The first-order valence-corrected chi connectivity index (χ1v) is 5.91. The Kier molecular flexibility index (Phi) is 3.64. The third-order valence-electron chi connectivity index (χ3n) is 3.22. The van der Waals surface area contributed by atoms with Crippen molar-refractivity contribution in [2.24, 2.45) is 5.92 Å². The molecule has 2 atom stereocenters. The van der Waals surface area contributed by atoms with Crippen molar-refractivity contribution in [1.82, 2.24) is 5.32 Å². The molecule has 1 heterocycles. The first kappa shape index (κ1) is 12.3. The minimum atomic E-state index is -0.447. The van der Waals surface area contributed by atoms with Crippen LogP contribution in [0.2, 0.25) is 5.02 Å². The van der Waals surface area contributed by atoms with Crippen molar-refractivity contribution in [3.8, 4) is 0 Å². The molecule has 1 aromatic rings. The number of hydrogen-bond acceptors (Lipinski definition) is 2. The number of nitrogens with one attached hydrogen (secondary N) is 2. The van der Waals surface area contributed by atoms with Crippen LogP contribution < -0.4 is 10.6 Å². The number of amides is 1. The van der Waals surface area contributed by atoms with Gasteiger partial charge in [-0.3, -0.25) is 4.79 Å². The van der Waals surface area contributed by atoms with Crippen LogP contribution in [0, 0.1) is 11.7 Å². The van der Waals surface area contributed by atoms with Crippen molar-refractivity contribution >= 4 is 23.7 Å². The van der Waals surface area contributed by atoms with E-state index < -0.39 is 5.82 Å². The minimum Gasteiger partial charge on any atom is -0.328 e. The van der Waals surface area contributed by atoms with E-state index in [2.05, 4.69) is 17.6 Å². The van der Waals surface area contributed by atoms with E-state index in [0.717, 1.165) is 18.7 Å². The Labute approximate surface area is 104 Å². The Morgan fingerprint density at radius 1 is 1.53 bits per heavy atom. The molecule has 0 aromatic heterocycles. The van der Waals surface area contributed by atoms with Crippen molar-refractivity contribution in [3.05, 3.63) is 28.5 Å². The molecule has 1 aliphatic heterocycles. The maximum atomic E-state index is 13.5. The molecule has 0 bridgehead atoms. The second-order valence-electron chi connectivity index (χ2n) is 4.36. The lowest BCUT2D eigenvalue weighted by Crippen LogP contribution is -2.11. The molecule has 1 fully saturated rings. The molecule has 17 heavy (non-hydrogen) atoms. The third-order valence-corrected chi connectivity index (χ3v) is 3.51. The normalized spacial score (nSPS) is 23.7. The highest BCUT2D eigenvalue weighted by Crippen LogP contribution is 2.35. The molecule has 2 unspecified atom stereocenters. The number of carbonyl (C=O) groups excluding carboxylic acids is 1. The summed E-state index contributed by atoms with van der Waals surface area (Å²) < 4.78 is 13.5. The Balaban J connectivity index is 2.42. The molecule has 1 saturated heterocycles. The summed E-state index contributed by atoms with van der Waals surface area (Å²) in [6, 6.07) is 2.88. The van der Waals surface area contributed by atoms with Gasteiger partial charge in [0, 0.05) is 18.2 Å². The Hall–Kier alpha value is -1.13. The Morgan fingerprint density at radius 2 is 2.29 bits per heavy atom. The van der Waals surface area contributed by atoms with Gasteiger partial charge in [-0.25, -0.2) is 4.39 Å². The molecule has 1 aromatic carbocycles. The van der Waals surface area contributed by atoms with Crippen LogP contribution in [0.5, 0.6) is 0 Å². The van der Waals surface area contributed by atoms with E-state index >= 15 is 0 Å². The molecule has 0 radical (unpaired) electrons. The van der Waals surface area contributed by atoms with Crippen molar-refractivity contribution in [2.45, 2.75) is 12.8 Å². The highest BCUT2D eigenvalue weighted by Gasteiger charge is 2.27. The average Bonchev–Trinajstić information content (AvgIpc) is 2.70. The summed E-state index contributed by atoms with van der Waals surface area (Å²) in [6.45, 7) is 3.78. The van der Waals surface area contributed by atoms with Crippen LogP contribution in [0.25, 0.3) is 0 Å². The molecule has 0 spiro atoms. The first-order chi connectivity index (χ1) is 8.13. The van der Waals surface area contributed by atoms with Gasteiger partial charge in [0.15, 0.2) is 0 Å². The van der Waals surface area contributed by atoms with Gasteiger partial charge in [0.05, 0.1) is 5.02 Å². The zero-order valence-corrected chi connectivity index (χ0v) is 10.2. The zero-order valence-electron chi connectivity index (χ0n) is 9.47. The molecule has 92 valence electrons. The average molecular weight is 257 g/mol. The van der Waals surface area contributed by atoms with Gasteiger partial charge >= 0.3 is 0 Å². The highest BCUT2D eigenvalue weighted by molar-refractivity contribution is 6.31. The lowest BCUT2D eigenvalue weighted by molar-refractivity contribution is -0.105. The number of rotatable bonds is 3. The van der Waals surface area contributed by atoms with Gasteiger partial charge in [0.1, 0.15) is 5.82 Å². The molecular weight excluding hydrogens is 243 g/mol. The second kappa shape index (κ2) is 5.02. The van der Waals surface area contributed by atoms with Gasteiger partial charge in [0.25, 0.3) is 0 Å². The summed E-state index contributed by atoms with van der Waals surface area (Å²) in [6.07, 6.45) is 0.583. The Morgan fingerprint density at radius 3 is 2.88 bits per heavy atom. The standard InChI is InChI=1S/C12H14ClFN2O/c1-7-4-15-5-9(7)8-2-11(14)10(13)3-12(8)16-6-17/h2-3,6-7,9,15H,4-5H2,1H3,(H,16,17). The van der Waals surface area contributed by atoms with Crippen LogP contribution in [-0.2, 0) is 4.79 Å². The second-order valence-corrected chi connectivity index (χ2v) is 4.76. The lowest BCUT2D eigenvalue weighted by atomic mass is 9.89. The molecule has 5 heteroatoms. The van der Waals surface area contributed by atoms with Gasteiger partial charge in [-0.15, -0.1) is 0 Å². The monoisotopic (exact) mass is 256 g/mol. The van der Waals surface area contributed by atoms with E-state index in [1.165, 1.54) is 12.1 Å². The molecule has 3 nitrogen and oxygen atoms in total. The molecule has 1 amide bonds. The van der Waals surface area contributed by atoms with Gasteiger partial charge in [0.2, 0.25) is 6.41 Å². The topological polar surface area (TPSA) is 41.1 Å². The van der Waals surface area contributed by atoms with Crippen LogP contribution in [0.1, 0.15) is 18.4 Å². The predicted octanol–water partition coefficient (Wildman–Crippen LogP) is 2.37. The van der Waals surface area contributed by atoms with Crippen molar-refractivity contribution in [2.75, 3.05) is 18.4 Å². The predicted molar refractivity (Wildman–Crippen MR) is 65.9 cm³/mol. The fourth-order valence-electron chi connectivity index (χ4n) is 2.28. The fraction of sp³-hybridized carbons (Fsp3) is 0.417. The number of halogens is 2. The molecule has 0 saturated carbocycles. The minimum absolute atomic E-state index is 0.0247.